The van der Waals surface area contributed by atoms with E-state index < -0.39 is 0 Å². The molecule has 1 saturated carbocycles. The van der Waals surface area contributed by atoms with Crippen LogP contribution in [-0.4, -0.2) is 43.8 Å². The average molecular weight is 254 g/mol. The molecule has 0 aromatic heterocycles. The summed E-state index contributed by atoms with van der Waals surface area (Å²) in [5, 5.41) is 0. The van der Waals surface area contributed by atoms with Gasteiger partial charge in [0.25, 0.3) is 0 Å². The third kappa shape index (κ3) is 3.06. The number of hydrogen-bond donors (Lipinski definition) is 1. The highest BCUT2D eigenvalue weighted by Gasteiger charge is 2.41. The van der Waals surface area contributed by atoms with E-state index >= 15 is 0 Å². The topological polar surface area (TPSA) is 38.5 Å². The van der Waals surface area contributed by atoms with Crippen LogP contribution in [0.1, 0.15) is 40.0 Å². The first-order chi connectivity index (χ1) is 8.51. The van der Waals surface area contributed by atoms with Crippen molar-refractivity contribution in [3.05, 3.63) is 0 Å². The summed E-state index contributed by atoms with van der Waals surface area (Å²) in [6.07, 6.45) is 3.66. The monoisotopic (exact) mass is 254 g/mol. The Labute approximate surface area is 112 Å². The molecule has 0 aromatic rings. The highest BCUT2D eigenvalue weighted by atomic mass is 16.5. The van der Waals surface area contributed by atoms with Crippen LogP contribution in [0.5, 0.6) is 0 Å². The summed E-state index contributed by atoms with van der Waals surface area (Å²) in [5.74, 6) is 1.41. The van der Waals surface area contributed by atoms with Gasteiger partial charge in [-0.2, -0.15) is 0 Å². The molecule has 3 atom stereocenters. The van der Waals surface area contributed by atoms with Crippen molar-refractivity contribution in [3.8, 4) is 0 Å². The molecule has 1 heterocycles. The minimum Gasteiger partial charge on any atom is -0.380 e. The van der Waals surface area contributed by atoms with Crippen molar-refractivity contribution in [3.63, 3.8) is 0 Å². The molecular formula is C15H30N2O. The van der Waals surface area contributed by atoms with Gasteiger partial charge in [-0.3, -0.25) is 0 Å². The fourth-order valence-electron chi connectivity index (χ4n) is 3.56. The Morgan fingerprint density at radius 3 is 2.78 bits per heavy atom. The maximum absolute atomic E-state index is 6.24. The molecule has 3 unspecified atom stereocenters. The van der Waals surface area contributed by atoms with E-state index in [4.69, 9.17) is 10.5 Å². The molecule has 2 aliphatic rings. The van der Waals surface area contributed by atoms with Crippen molar-refractivity contribution in [1.29, 1.82) is 0 Å². The molecule has 0 radical (unpaired) electrons. The molecule has 1 aliphatic carbocycles. The minimum atomic E-state index is 0.366. The van der Waals surface area contributed by atoms with Crippen molar-refractivity contribution < 1.29 is 4.74 Å². The number of rotatable bonds is 2. The molecule has 0 bridgehead atoms. The average Bonchev–Trinajstić information content (AvgIpc) is 2.59. The van der Waals surface area contributed by atoms with Crippen molar-refractivity contribution in [2.24, 2.45) is 23.0 Å². The molecule has 3 heteroatoms. The summed E-state index contributed by atoms with van der Waals surface area (Å²) in [4.78, 5) is 2.60. The minimum absolute atomic E-state index is 0.366. The SMILES string of the molecule is CC1C(N)CCC(CN2CCCOCC2)C1(C)C. The smallest absolute Gasteiger partial charge is 0.0593 e. The van der Waals surface area contributed by atoms with Gasteiger partial charge in [0.15, 0.2) is 0 Å². The van der Waals surface area contributed by atoms with Gasteiger partial charge < -0.3 is 15.4 Å². The van der Waals surface area contributed by atoms with Gasteiger partial charge >= 0.3 is 0 Å². The largest absolute Gasteiger partial charge is 0.380 e. The normalized spacial score (nSPS) is 38.3. The second kappa shape index (κ2) is 5.89. The first-order valence-corrected chi connectivity index (χ1v) is 7.57. The fourth-order valence-corrected chi connectivity index (χ4v) is 3.56. The van der Waals surface area contributed by atoms with E-state index in [9.17, 15) is 0 Å². The highest BCUT2D eigenvalue weighted by Crippen LogP contribution is 2.44. The van der Waals surface area contributed by atoms with Gasteiger partial charge in [0.2, 0.25) is 0 Å². The molecular weight excluding hydrogens is 224 g/mol. The molecule has 1 saturated heterocycles. The van der Waals surface area contributed by atoms with E-state index in [0.29, 0.717) is 17.4 Å². The van der Waals surface area contributed by atoms with Gasteiger partial charge in [0, 0.05) is 32.3 Å². The number of nitrogens with zero attached hydrogens (tertiary/aromatic N) is 1. The van der Waals surface area contributed by atoms with E-state index in [-0.39, 0.29) is 0 Å². The van der Waals surface area contributed by atoms with Crippen LogP contribution in [0, 0.1) is 17.3 Å². The summed E-state index contributed by atoms with van der Waals surface area (Å²) in [6, 6.07) is 0.392. The molecule has 2 rings (SSSR count). The maximum Gasteiger partial charge on any atom is 0.0593 e. The van der Waals surface area contributed by atoms with Crippen LogP contribution in [-0.2, 0) is 4.74 Å². The quantitative estimate of drug-likeness (QED) is 0.820. The van der Waals surface area contributed by atoms with Crippen LogP contribution in [0.4, 0.5) is 0 Å². The lowest BCUT2D eigenvalue weighted by Crippen LogP contribution is -2.50. The van der Waals surface area contributed by atoms with Gasteiger partial charge in [-0.05, 0) is 36.5 Å². The molecule has 2 fully saturated rings. The maximum atomic E-state index is 6.24. The second-order valence-corrected chi connectivity index (χ2v) is 6.81. The van der Waals surface area contributed by atoms with Crippen LogP contribution >= 0.6 is 0 Å². The number of ether oxygens (including phenoxy) is 1. The number of nitrogens with two attached hydrogens (primary N) is 1. The van der Waals surface area contributed by atoms with Crippen LogP contribution in [0.3, 0.4) is 0 Å². The summed E-state index contributed by atoms with van der Waals surface area (Å²) in [7, 11) is 0. The Kier molecular flexibility index (Phi) is 4.68. The van der Waals surface area contributed by atoms with Crippen molar-refractivity contribution in [2.75, 3.05) is 32.8 Å². The summed E-state index contributed by atoms with van der Waals surface area (Å²) in [6.45, 7) is 12.5. The van der Waals surface area contributed by atoms with Crippen molar-refractivity contribution in [2.45, 2.75) is 46.1 Å². The zero-order valence-electron chi connectivity index (χ0n) is 12.3. The van der Waals surface area contributed by atoms with Gasteiger partial charge in [0.05, 0.1) is 6.61 Å². The predicted octanol–water partition coefficient (Wildman–Crippen LogP) is 2.11. The standard InChI is InChI=1S/C15H30N2O/c1-12-14(16)6-5-13(15(12,2)3)11-17-7-4-9-18-10-8-17/h12-14H,4-11,16H2,1-3H3. The molecule has 0 aromatic carbocycles. The molecule has 0 spiro atoms. The van der Waals surface area contributed by atoms with E-state index in [2.05, 4.69) is 25.7 Å². The van der Waals surface area contributed by atoms with Crippen LogP contribution in [0.15, 0.2) is 0 Å². The lowest BCUT2D eigenvalue weighted by atomic mass is 9.61. The fraction of sp³-hybridized carbons (Fsp3) is 1.00. The zero-order chi connectivity index (χ0) is 13.2. The summed E-state index contributed by atoms with van der Waals surface area (Å²) >= 11 is 0. The molecule has 0 amide bonds. The van der Waals surface area contributed by atoms with E-state index in [0.717, 1.165) is 25.7 Å². The van der Waals surface area contributed by atoms with Gasteiger partial charge in [-0.25, -0.2) is 0 Å². The predicted molar refractivity (Wildman–Crippen MR) is 75.5 cm³/mol. The first kappa shape index (κ1) is 14.3. The molecule has 1 aliphatic heterocycles. The Hall–Kier alpha value is -0.120. The van der Waals surface area contributed by atoms with Gasteiger partial charge in [-0.15, -0.1) is 0 Å². The number of hydrogen-bond acceptors (Lipinski definition) is 3. The van der Waals surface area contributed by atoms with E-state index in [1.165, 1.54) is 32.4 Å². The van der Waals surface area contributed by atoms with E-state index in [1.54, 1.807) is 0 Å². The van der Waals surface area contributed by atoms with Gasteiger partial charge in [-0.1, -0.05) is 20.8 Å². The summed E-state index contributed by atoms with van der Waals surface area (Å²) in [5.41, 5.74) is 6.61. The Morgan fingerprint density at radius 2 is 2.00 bits per heavy atom. The first-order valence-electron chi connectivity index (χ1n) is 7.57. The van der Waals surface area contributed by atoms with Gasteiger partial charge in [0.1, 0.15) is 0 Å². The highest BCUT2D eigenvalue weighted by molar-refractivity contribution is 4.94. The van der Waals surface area contributed by atoms with Crippen molar-refractivity contribution >= 4 is 0 Å². The second-order valence-electron chi connectivity index (χ2n) is 6.81. The molecule has 2 N–H and O–H groups in total. The Bertz CT molecular complexity index is 259. The van der Waals surface area contributed by atoms with Crippen molar-refractivity contribution in [1.82, 2.24) is 4.90 Å². The Morgan fingerprint density at radius 1 is 1.22 bits per heavy atom. The van der Waals surface area contributed by atoms with Crippen LogP contribution in [0.2, 0.25) is 0 Å². The molecule has 106 valence electrons. The molecule has 18 heavy (non-hydrogen) atoms. The lowest BCUT2D eigenvalue weighted by Gasteiger charge is -2.48. The Balaban J connectivity index is 1.95. The zero-order valence-corrected chi connectivity index (χ0v) is 12.3. The summed E-state index contributed by atoms with van der Waals surface area (Å²) < 4.78 is 5.54. The van der Waals surface area contributed by atoms with Crippen LogP contribution < -0.4 is 5.73 Å². The third-order valence-corrected chi connectivity index (χ3v) is 5.51. The van der Waals surface area contributed by atoms with Crippen LogP contribution in [0.25, 0.3) is 0 Å². The lowest BCUT2D eigenvalue weighted by molar-refractivity contribution is 0.0279. The molecule has 3 nitrogen and oxygen atoms in total. The third-order valence-electron chi connectivity index (χ3n) is 5.51. The van der Waals surface area contributed by atoms with E-state index in [1.807, 2.05) is 0 Å².